The number of nitrogens with two attached hydrogens (primary N) is 1. The summed E-state index contributed by atoms with van der Waals surface area (Å²) in [6, 6.07) is 21.8. The maximum Gasteiger partial charge on any atom is 0.407 e. The van der Waals surface area contributed by atoms with E-state index >= 15 is 0 Å². The molecule has 0 bridgehead atoms. The molecule has 0 saturated heterocycles. The molecule has 0 heterocycles. The highest BCUT2D eigenvalue weighted by Crippen LogP contribution is 2.44. The number of hydrogen-bond donors (Lipinski definition) is 4. The first-order chi connectivity index (χ1) is 20.4. The number of carboxylic acids is 2. The van der Waals surface area contributed by atoms with Crippen LogP contribution < -0.4 is 11.1 Å². The van der Waals surface area contributed by atoms with E-state index in [2.05, 4.69) is 5.32 Å². The third kappa shape index (κ3) is 8.08. The van der Waals surface area contributed by atoms with Gasteiger partial charge in [0, 0.05) is 24.8 Å². The number of ether oxygens (including phenoxy) is 1. The third-order valence-electron chi connectivity index (χ3n) is 7.92. The SMILES string of the molecule is CC(C)(C[C@@H](N)Cc1ccc(CC(=O)[C@H](CCC(=O)O)NC(=O)OCC2c3ccccc3-c3ccccc32)cc1)C(=O)O. The number of alkyl carbamates (subject to hydrolysis) is 1. The van der Waals surface area contributed by atoms with Crippen molar-refractivity contribution in [3.05, 3.63) is 95.1 Å². The molecular formula is C34H38N2O7. The van der Waals surface area contributed by atoms with Crippen molar-refractivity contribution >= 4 is 23.8 Å². The number of carboxylic acid groups (broad SMARTS) is 2. The van der Waals surface area contributed by atoms with E-state index < -0.39 is 29.5 Å². The van der Waals surface area contributed by atoms with Gasteiger partial charge >= 0.3 is 18.0 Å². The number of ketones is 1. The van der Waals surface area contributed by atoms with Crippen molar-refractivity contribution in [2.45, 2.75) is 64.0 Å². The summed E-state index contributed by atoms with van der Waals surface area (Å²) in [4.78, 5) is 48.7. The molecule has 43 heavy (non-hydrogen) atoms. The Morgan fingerprint density at radius 1 is 0.884 bits per heavy atom. The molecule has 0 spiro atoms. The van der Waals surface area contributed by atoms with Gasteiger partial charge in [-0.3, -0.25) is 14.4 Å². The first-order valence-corrected chi connectivity index (χ1v) is 14.4. The minimum Gasteiger partial charge on any atom is -0.481 e. The molecule has 0 saturated carbocycles. The number of aliphatic carboxylic acids is 2. The number of Topliss-reactive ketones (excluding diaryl/α,β-unsaturated/α-hetero) is 1. The van der Waals surface area contributed by atoms with E-state index in [4.69, 9.17) is 10.5 Å². The number of hydrogen-bond acceptors (Lipinski definition) is 6. The largest absolute Gasteiger partial charge is 0.481 e. The van der Waals surface area contributed by atoms with Gasteiger partial charge in [0.15, 0.2) is 5.78 Å². The Kier molecular flexibility index (Phi) is 9.98. The van der Waals surface area contributed by atoms with Gasteiger partial charge in [0.2, 0.25) is 0 Å². The summed E-state index contributed by atoms with van der Waals surface area (Å²) < 4.78 is 5.58. The predicted octanol–water partition coefficient (Wildman–Crippen LogP) is 4.94. The first kappa shape index (κ1) is 31.4. The molecule has 0 radical (unpaired) electrons. The average Bonchev–Trinajstić information content (AvgIpc) is 3.28. The molecule has 0 fully saturated rings. The van der Waals surface area contributed by atoms with Crippen LogP contribution in [0, 0.1) is 5.41 Å². The average molecular weight is 587 g/mol. The predicted molar refractivity (Wildman–Crippen MR) is 162 cm³/mol. The summed E-state index contributed by atoms with van der Waals surface area (Å²) in [6.45, 7) is 3.36. The van der Waals surface area contributed by atoms with E-state index in [0.29, 0.717) is 18.4 Å². The first-order valence-electron chi connectivity index (χ1n) is 14.4. The standard InChI is InChI=1S/C34H38N2O7/c1-34(2,32(40)41)19-23(35)17-21-11-13-22(14-12-21)18-30(37)29(15-16-31(38)39)36-33(42)43-20-28-26-9-5-3-7-24(26)25-8-4-6-10-27(25)28/h3-14,23,28-29H,15-20,35H2,1-2H3,(H,36,42)(H,38,39)(H,40,41)/t23-,29-/m0/s1. The Balaban J connectivity index is 1.36. The molecule has 4 rings (SSSR count). The number of rotatable bonds is 14. The number of carbonyl (C=O) groups excluding carboxylic acids is 2. The van der Waals surface area contributed by atoms with Crippen molar-refractivity contribution in [1.29, 1.82) is 0 Å². The summed E-state index contributed by atoms with van der Waals surface area (Å²) in [6.07, 6.45) is -0.343. The molecule has 9 nitrogen and oxygen atoms in total. The summed E-state index contributed by atoms with van der Waals surface area (Å²) in [5.41, 5.74) is 11.2. The van der Waals surface area contributed by atoms with Crippen LogP contribution in [-0.4, -0.2) is 52.7 Å². The Labute approximate surface area is 251 Å². The van der Waals surface area contributed by atoms with E-state index in [-0.39, 0.29) is 43.6 Å². The summed E-state index contributed by atoms with van der Waals surface area (Å²) in [7, 11) is 0. The van der Waals surface area contributed by atoms with Crippen LogP contribution in [-0.2, 0) is 32.0 Å². The van der Waals surface area contributed by atoms with E-state index in [0.717, 1.165) is 27.8 Å². The Morgan fingerprint density at radius 3 is 2.00 bits per heavy atom. The van der Waals surface area contributed by atoms with Crippen LogP contribution in [0.1, 0.15) is 61.3 Å². The second-order valence-electron chi connectivity index (χ2n) is 11.8. The molecule has 9 heteroatoms. The number of fused-ring (bicyclic) bond motifs is 3. The molecule has 0 unspecified atom stereocenters. The molecule has 1 aliphatic carbocycles. The number of nitrogens with one attached hydrogen (secondary N) is 1. The van der Waals surface area contributed by atoms with Crippen molar-refractivity contribution in [2.24, 2.45) is 11.1 Å². The zero-order valence-electron chi connectivity index (χ0n) is 24.4. The van der Waals surface area contributed by atoms with Gasteiger partial charge in [-0.15, -0.1) is 0 Å². The lowest BCUT2D eigenvalue weighted by atomic mass is 9.84. The van der Waals surface area contributed by atoms with E-state index in [9.17, 15) is 29.4 Å². The number of benzene rings is 3. The molecule has 0 aliphatic heterocycles. The highest BCUT2D eigenvalue weighted by Gasteiger charge is 2.31. The molecule has 3 aromatic carbocycles. The number of amides is 1. The van der Waals surface area contributed by atoms with Crippen LogP contribution in [0.25, 0.3) is 11.1 Å². The molecule has 1 amide bonds. The van der Waals surface area contributed by atoms with Crippen molar-refractivity contribution in [3.63, 3.8) is 0 Å². The maximum atomic E-state index is 13.2. The molecule has 2 atom stereocenters. The zero-order valence-corrected chi connectivity index (χ0v) is 24.4. The van der Waals surface area contributed by atoms with Gasteiger partial charge < -0.3 is 26.0 Å². The van der Waals surface area contributed by atoms with Crippen LogP contribution in [0.4, 0.5) is 4.79 Å². The van der Waals surface area contributed by atoms with E-state index in [1.165, 1.54) is 0 Å². The lowest BCUT2D eigenvalue weighted by Crippen LogP contribution is -2.42. The molecular weight excluding hydrogens is 548 g/mol. The second-order valence-corrected chi connectivity index (χ2v) is 11.8. The fourth-order valence-corrected chi connectivity index (χ4v) is 5.60. The second kappa shape index (κ2) is 13.6. The van der Waals surface area contributed by atoms with E-state index in [1.807, 2.05) is 60.7 Å². The normalized spacial score (nSPS) is 13.8. The van der Waals surface area contributed by atoms with Crippen molar-refractivity contribution in [2.75, 3.05) is 6.61 Å². The molecule has 0 aromatic heterocycles. The molecule has 226 valence electrons. The molecule has 3 aromatic rings. The summed E-state index contributed by atoms with van der Waals surface area (Å²) >= 11 is 0. The number of carbonyl (C=O) groups is 4. The fourth-order valence-electron chi connectivity index (χ4n) is 5.60. The minimum atomic E-state index is -1.07. The third-order valence-corrected chi connectivity index (χ3v) is 7.92. The van der Waals surface area contributed by atoms with Gasteiger partial charge in [-0.2, -0.15) is 0 Å². The lowest BCUT2D eigenvalue weighted by Gasteiger charge is -2.23. The maximum absolute atomic E-state index is 13.2. The van der Waals surface area contributed by atoms with Gasteiger partial charge in [0.25, 0.3) is 0 Å². The highest BCUT2D eigenvalue weighted by atomic mass is 16.5. The molecule has 1 aliphatic rings. The Hall–Kier alpha value is -4.50. The quantitative estimate of drug-likeness (QED) is 0.207. The monoisotopic (exact) mass is 586 g/mol. The smallest absolute Gasteiger partial charge is 0.407 e. The summed E-state index contributed by atoms with van der Waals surface area (Å²) in [5.74, 6) is -2.45. The Bertz CT molecular complexity index is 1440. The van der Waals surface area contributed by atoms with Crippen LogP contribution in [0.5, 0.6) is 0 Å². The highest BCUT2D eigenvalue weighted by molar-refractivity contribution is 5.89. The van der Waals surface area contributed by atoms with Crippen LogP contribution >= 0.6 is 0 Å². The van der Waals surface area contributed by atoms with Gasteiger partial charge in [0.1, 0.15) is 6.61 Å². The van der Waals surface area contributed by atoms with Crippen LogP contribution in [0.15, 0.2) is 72.8 Å². The van der Waals surface area contributed by atoms with Gasteiger partial charge in [0.05, 0.1) is 11.5 Å². The van der Waals surface area contributed by atoms with Gasteiger partial charge in [-0.1, -0.05) is 72.8 Å². The topological polar surface area (TPSA) is 156 Å². The van der Waals surface area contributed by atoms with E-state index in [1.54, 1.807) is 26.0 Å². The van der Waals surface area contributed by atoms with Crippen LogP contribution in [0.3, 0.4) is 0 Å². The van der Waals surface area contributed by atoms with Gasteiger partial charge in [-0.05, 0) is 66.5 Å². The summed E-state index contributed by atoms with van der Waals surface area (Å²) in [5, 5.41) is 21.1. The lowest BCUT2D eigenvalue weighted by molar-refractivity contribution is -0.147. The fraction of sp³-hybridized carbons (Fsp3) is 0.353. The van der Waals surface area contributed by atoms with Crippen molar-refractivity contribution in [3.8, 4) is 11.1 Å². The molecule has 5 N–H and O–H groups in total. The van der Waals surface area contributed by atoms with Gasteiger partial charge in [-0.25, -0.2) is 4.79 Å². The minimum absolute atomic E-state index is 0.00762. The van der Waals surface area contributed by atoms with Crippen LogP contribution in [0.2, 0.25) is 0 Å². The van der Waals surface area contributed by atoms with Crippen molar-refractivity contribution in [1.82, 2.24) is 5.32 Å². The zero-order chi connectivity index (χ0) is 31.1. The Morgan fingerprint density at radius 2 is 1.44 bits per heavy atom. The van der Waals surface area contributed by atoms with Crippen molar-refractivity contribution < 1.29 is 34.1 Å².